The van der Waals surface area contributed by atoms with Crippen LogP contribution in [0.15, 0.2) is 11.6 Å². The van der Waals surface area contributed by atoms with Gasteiger partial charge in [0.15, 0.2) is 0 Å². The summed E-state index contributed by atoms with van der Waals surface area (Å²) in [5.74, 6) is 0.763. The Bertz CT molecular complexity index is 277. The van der Waals surface area contributed by atoms with E-state index in [9.17, 15) is 0 Å². The van der Waals surface area contributed by atoms with Crippen molar-refractivity contribution in [2.24, 2.45) is 5.92 Å². The molecule has 3 heteroatoms. The largest absolute Gasteiger partial charge is 0.308 e. The highest BCUT2D eigenvalue weighted by Crippen LogP contribution is 2.40. The Kier molecular flexibility index (Phi) is 2.88. The third kappa shape index (κ3) is 1.59. The lowest BCUT2D eigenvalue weighted by molar-refractivity contribution is 0.251. The van der Waals surface area contributed by atoms with Gasteiger partial charge in [-0.15, -0.1) is 11.3 Å². The molecule has 1 heterocycles. The second kappa shape index (κ2) is 3.99. The molecule has 0 spiro atoms. The highest BCUT2D eigenvalue weighted by atomic mass is 32.1. The lowest BCUT2D eigenvalue weighted by atomic mass is 9.85. The van der Waals surface area contributed by atoms with E-state index in [2.05, 4.69) is 29.7 Å². The zero-order chi connectivity index (χ0) is 10.0. The van der Waals surface area contributed by atoms with Crippen molar-refractivity contribution in [3.63, 3.8) is 0 Å². The van der Waals surface area contributed by atoms with Gasteiger partial charge in [-0.1, -0.05) is 12.8 Å². The first kappa shape index (κ1) is 10.1. The Labute approximate surface area is 89.8 Å². The summed E-state index contributed by atoms with van der Waals surface area (Å²) in [6.45, 7) is 2.29. The number of rotatable bonds is 3. The van der Waals surface area contributed by atoms with Crippen molar-refractivity contribution >= 4 is 11.3 Å². The second-order valence-electron chi connectivity index (χ2n) is 4.27. The van der Waals surface area contributed by atoms with Crippen LogP contribution in [0.5, 0.6) is 0 Å². The maximum atomic E-state index is 4.46. The number of hydrogen-bond acceptors (Lipinski definition) is 3. The Morgan fingerprint density at radius 3 is 2.71 bits per heavy atom. The molecule has 1 aliphatic rings. The molecule has 1 unspecified atom stereocenters. The summed E-state index contributed by atoms with van der Waals surface area (Å²) in [5, 5.41) is 6.78. The summed E-state index contributed by atoms with van der Waals surface area (Å²) >= 11 is 1.77. The number of nitrogens with zero attached hydrogens (tertiary/aromatic N) is 1. The van der Waals surface area contributed by atoms with E-state index in [1.165, 1.54) is 30.7 Å². The third-order valence-electron chi connectivity index (χ3n) is 3.57. The molecular formula is C11H18N2S. The van der Waals surface area contributed by atoms with Crippen molar-refractivity contribution in [3.05, 3.63) is 16.6 Å². The van der Waals surface area contributed by atoms with Gasteiger partial charge < -0.3 is 5.32 Å². The standard InChI is InChI=1S/C11H18N2S/c1-11(12-2,9-5-3-4-6-9)10-13-7-8-14-10/h7-9,12H,3-6H2,1-2H3. The predicted octanol–water partition coefficient (Wildman–Crippen LogP) is 2.77. The van der Waals surface area contributed by atoms with Gasteiger partial charge in [0.25, 0.3) is 0 Å². The number of hydrogen-bond donors (Lipinski definition) is 1. The quantitative estimate of drug-likeness (QED) is 0.830. The number of nitrogens with one attached hydrogen (secondary N) is 1. The first-order valence-electron chi connectivity index (χ1n) is 5.36. The summed E-state index contributed by atoms with van der Waals surface area (Å²) in [6, 6.07) is 0. The van der Waals surface area contributed by atoms with Crippen LogP contribution in [0.1, 0.15) is 37.6 Å². The monoisotopic (exact) mass is 210 g/mol. The average molecular weight is 210 g/mol. The maximum Gasteiger partial charge on any atom is 0.113 e. The molecule has 0 radical (unpaired) electrons. The molecule has 0 saturated heterocycles. The van der Waals surface area contributed by atoms with Crippen molar-refractivity contribution in [1.82, 2.24) is 10.3 Å². The molecule has 1 saturated carbocycles. The summed E-state index contributed by atoms with van der Waals surface area (Å²) < 4.78 is 0. The molecule has 0 aliphatic heterocycles. The first-order chi connectivity index (χ1) is 6.77. The molecule has 14 heavy (non-hydrogen) atoms. The molecule has 2 rings (SSSR count). The number of aromatic nitrogens is 1. The zero-order valence-electron chi connectivity index (χ0n) is 8.92. The van der Waals surface area contributed by atoms with Crippen LogP contribution in [-0.4, -0.2) is 12.0 Å². The molecule has 0 aromatic carbocycles. The Morgan fingerprint density at radius 1 is 1.50 bits per heavy atom. The summed E-state index contributed by atoms with van der Waals surface area (Å²) in [5.41, 5.74) is 0.102. The van der Waals surface area contributed by atoms with E-state index >= 15 is 0 Å². The smallest absolute Gasteiger partial charge is 0.113 e. The van der Waals surface area contributed by atoms with Crippen LogP contribution in [0.25, 0.3) is 0 Å². The van der Waals surface area contributed by atoms with Crippen molar-refractivity contribution in [1.29, 1.82) is 0 Å². The molecule has 1 aromatic heterocycles. The summed E-state index contributed by atoms with van der Waals surface area (Å²) in [6.07, 6.45) is 7.36. The maximum absolute atomic E-state index is 4.46. The van der Waals surface area contributed by atoms with Gasteiger partial charge in [-0.25, -0.2) is 4.98 Å². The summed E-state index contributed by atoms with van der Waals surface area (Å²) in [7, 11) is 2.06. The van der Waals surface area contributed by atoms with E-state index < -0.39 is 0 Å². The topological polar surface area (TPSA) is 24.9 Å². The highest BCUT2D eigenvalue weighted by molar-refractivity contribution is 7.09. The lowest BCUT2D eigenvalue weighted by Gasteiger charge is -2.33. The second-order valence-corrected chi connectivity index (χ2v) is 5.17. The third-order valence-corrected chi connectivity index (χ3v) is 4.58. The van der Waals surface area contributed by atoms with Crippen LogP contribution in [-0.2, 0) is 5.54 Å². The van der Waals surface area contributed by atoms with E-state index in [-0.39, 0.29) is 5.54 Å². The Balaban J connectivity index is 2.24. The molecule has 1 N–H and O–H groups in total. The summed E-state index contributed by atoms with van der Waals surface area (Å²) in [4.78, 5) is 4.46. The van der Waals surface area contributed by atoms with Gasteiger partial charge in [0, 0.05) is 11.6 Å². The average Bonchev–Trinajstić information content (AvgIpc) is 2.88. The zero-order valence-corrected chi connectivity index (χ0v) is 9.73. The van der Waals surface area contributed by atoms with Gasteiger partial charge in [-0.3, -0.25) is 0 Å². The highest BCUT2D eigenvalue weighted by Gasteiger charge is 2.37. The minimum absolute atomic E-state index is 0.102. The van der Waals surface area contributed by atoms with Gasteiger partial charge in [-0.05, 0) is 32.7 Å². The van der Waals surface area contributed by atoms with E-state index in [1.54, 1.807) is 11.3 Å². The van der Waals surface area contributed by atoms with Crippen molar-refractivity contribution in [3.8, 4) is 0 Å². The predicted molar refractivity (Wildman–Crippen MR) is 60.5 cm³/mol. The molecule has 78 valence electrons. The van der Waals surface area contributed by atoms with Crippen molar-refractivity contribution < 1.29 is 0 Å². The van der Waals surface area contributed by atoms with Crippen LogP contribution in [0.4, 0.5) is 0 Å². The van der Waals surface area contributed by atoms with E-state index in [1.807, 2.05) is 6.20 Å². The van der Waals surface area contributed by atoms with Gasteiger partial charge in [0.2, 0.25) is 0 Å². The Hall–Kier alpha value is -0.410. The first-order valence-corrected chi connectivity index (χ1v) is 6.24. The van der Waals surface area contributed by atoms with Crippen LogP contribution in [0.2, 0.25) is 0 Å². The van der Waals surface area contributed by atoms with Crippen LogP contribution in [0.3, 0.4) is 0 Å². The fourth-order valence-corrected chi connectivity index (χ4v) is 3.35. The van der Waals surface area contributed by atoms with Gasteiger partial charge in [-0.2, -0.15) is 0 Å². The fraction of sp³-hybridized carbons (Fsp3) is 0.727. The molecule has 1 aliphatic carbocycles. The van der Waals surface area contributed by atoms with Gasteiger partial charge in [0.05, 0.1) is 5.54 Å². The van der Waals surface area contributed by atoms with Gasteiger partial charge >= 0.3 is 0 Å². The molecule has 1 fully saturated rings. The van der Waals surface area contributed by atoms with E-state index in [0.717, 1.165) is 5.92 Å². The van der Waals surface area contributed by atoms with Crippen molar-refractivity contribution in [2.45, 2.75) is 38.1 Å². The SMILES string of the molecule is CNC(C)(c1nccs1)C1CCCC1. The number of thiazole rings is 1. The van der Waals surface area contributed by atoms with E-state index in [0.29, 0.717) is 0 Å². The molecule has 1 aromatic rings. The van der Waals surface area contributed by atoms with Crippen LogP contribution >= 0.6 is 11.3 Å². The molecule has 1 atom stereocenters. The lowest BCUT2D eigenvalue weighted by Crippen LogP contribution is -2.42. The molecule has 0 amide bonds. The van der Waals surface area contributed by atoms with Crippen LogP contribution < -0.4 is 5.32 Å². The fourth-order valence-electron chi connectivity index (χ4n) is 2.47. The molecular weight excluding hydrogens is 192 g/mol. The van der Waals surface area contributed by atoms with E-state index in [4.69, 9.17) is 0 Å². The minimum Gasteiger partial charge on any atom is -0.308 e. The molecule has 2 nitrogen and oxygen atoms in total. The van der Waals surface area contributed by atoms with Crippen molar-refractivity contribution in [2.75, 3.05) is 7.05 Å². The normalized spacial score (nSPS) is 22.4. The molecule has 0 bridgehead atoms. The Morgan fingerprint density at radius 2 is 2.21 bits per heavy atom. The van der Waals surface area contributed by atoms with Gasteiger partial charge in [0.1, 0.15) is 5.01 Å². The minimum atomic E-state index is 0.102. The van der Waals surface area contributed by atoms with Crippen LogP contribution in [0, 0.1) is 5.92 Å².